The van der Waals surface area contributed by atoms with E-state index in [2.05, 4.69) is 12.2 Å². The Morgan fingerprint density at radius 1 is 0.692 bits per heavy atom. The molecule has 0 aliphatic carbocycles. The lowest BCUT2D eigenvalue weighted by Crippen LogP contribution is -2.28. The molecule has 4 nitrogen and oxygen atoms in total. The van der Waals surface area contributed by atoms with Crippen LogP contribution >= 0.6 is 0 Å². The highest BCUT2D eigenvalue weighted by Gasteiger charge is 2.41. The fourth-order valence-corrected chi connectivity index (χ4v) is 3.82. The molecule has 1 aliphatic heterocycles. The van der Waals surface area contributed by atoms with Gasteiger partial charge in [0.15, 0.2) is 0 Å². The van der Waals surface area contributed by atoms with E-state index in [0.717, 1.165) is 19.3 Å². The molecular formula is C22H41NO3. The van der Waals surface area contributed by atoms with Gasteiger partial charge < -0.3 is 4.74 Å². The number of ether oxygens (including phenoxy) is 1. The Kier molecular flexibility index (Phi) is 13.5. The largest absolute Gasteiger partial charge is 0.368 e. The second-order valence-electron chi connectivity index (χ2n) is 7.72. The van der Waals surface area contributed by atoms with Gasteiger partial charge >= 0.3 is 0 Å². The van der Waals surface area contributed by atoms with Gasteiger partial charge in [-0.15, -0.1) is 0 Å². The topological polar surface area (TPSA) is 55.4 Å². The number of hydrogen-bond acceptors (Lipinski definition) is 3. The summed E-state index contributed by atoms with van der Waals surface area (Å²) in [6.07, 6.45) is 18.8. The van der Waals surface area contributed by atoms with Crippen LogP contribution in [-0.4, -0.2) is 24.5 Å². The van der Waals surface area contributed by atoms with Gasteiger partial charge in [0, 0.05) is 6.61 Å². The van der Waals surface area contributed by atoms with Crippen LogP contribution in [0.3, 0.4) is 0 Å². The molecule has 4 heteroatoms. The summed E-state index contributed by atoms with van der Waals surface area (Å²) in [5.41, 5.74) is 0. The van der Waals surface area contributed by atoms with Gasteiger partial charge in [-0.3, -0.25) is 14.9 Å². The molecule has 1 fully saturated rings. The lowest BCUT2D eigenvalue weighted by atomic mass is 9.96. The predicted molar refractivity (Wildman–Crippen MR) is 107 cm³/mol. The summed E-state index contributed by atoms with van der Waals surface area (Å²) in [4.78, 5) is 23.5. The Hall–Kier alpha value is -0.900. The molecule has 26 heavy (non-hydrogen) atoms. The zero-order chi connectivity index (χ0) is 19.0. The molecule has 0 aromatic rings. The van der Waals surface area contributed by atoms with E-state index in [1.165, 1.54) is 77.0 Å². The minimum atomic E-state index is -0.561. The number of hydrogen-bond donors (Lipinski definition) is 1. The van der Waals surface area contributed by atoms with Crippen molar-refractivity contribution in [3.8, 4) is 0 Å². The van der Waals surface area contributed by atoms with Gasteiger partial charge in [-0.05, 0) is 13.3 Å². The molecule has 1 N–H and O–H groups in total. The maximum atomic E-state index is 11.8. The van der Waals surface area contributed by atoms with E-state index in [0.29, 0.717) is 6.61 Å². The van der Waals surface area contributed by atoms with Crippen LogP contribution in [0, 0.1) is 5.92 Å². The highest BCUT2D eigenvalue weighted by molar-refractivity contribution is 6.06. The molecule has 0 aromatic carbocycles. The molecular weight excluding hydrogens is 326 g/mol. The monoisotopic (exact) mass is 367 g/mol. The predicted octanol–water partition coefficient (Wildman–Crippen LogP) is 5.54. The van der Waals surface area contributed by atoms with E-state index in [1.807, 2.05) is 6.92 Å². The number of unbranched alkanes of at least 4 members (excludes halogenated alkanes) is 13. The third kappa shape index (κ3) is 9.70. The summed E-state index contributed by atoms with van der Waals surface area (Å²) in [5, 5.41) is 2.40. The maximum Gasteiger partial charge on any atom is 0.256 e. The fraction of sp³-hybridized carbons (Fsp3) is 0.909. The number of rotatable bonds is 17. The van der Waals surface area contributed by atoms with Crippen molar-refractivity contribution in [2.75, 3.05) is 6.61 Å². The first-order valence-corrected chi connectivity index (χ1v) is 11.2. The van der Waals surface area contributed by atoms with E-state index in [1.54, 1.807) is 0 Å². The SMILES string of the molecule is CCCCCCCCCCCCCCCCC1C(=O)NC(=O)C1OCC. The van der Waals surface area contributed by atoms with Crippen LogP contribution in [0.5, 0.6) is 0 Å². The van der Waals surface area contributed by atoms with Crippen molar-refractivity contribution in [2.24, 2.45) is 5.92 Å². The Labute approximate surface area is 160 Å². The third-order valence-electron chi connectivity index (χ3n) is 5.42. The molecule has 0 spiro atoms. The van der Waals surface area contributed by atoms with E-state index in [4.69, 9.17) is 4.74 Å². The summed E-state index contributed by atoms with van der Waals surface area (Å²) in [5.74, 6) is -0.685. The first-order valence-electron chi connectivity index (χ1n) is 11.2. The van der Waals surface area contributed by atoms with Gasteiger partial charge in [0.25, 0.3) is 5.91 Å². The number of nitrogens with one attached hydrogen (secondary N) is 1. The molecule has 1 aliphatic rings. The zero-order valence-electron chi connectivity index (χ0n) is 17.2. The van der Waals surface area contributed by atoms with Crippen molar-refractivity contribution in [2.45, 2.75) is 116 Å². The van der Waals surface area contributed by atoms with Crippen molar-refractivity contribution in [1.29, 1.82) is 0 Å². The second kappa shape index (κ2) is 15.2. The van der Waals surface area contributed by atoms with Crippen molar-refractivity contribution >= 4 is 11.8 Å². The Morgan fingerprint density at radius 3 is 1.62 bits per heavy atom. The van der Waals surface area contributed by atoms with E-state index >= 15 is 0 Å². The fourth-order valence-electron chi connectivity index (χ4n) is 3.82. The molecule has 152 valence electrons. The molecule has 2 unspecified atom stereocenters. The Morgan fingerprint density at radius 2 is 1.15 bits per heavy atom. The molecule has 0 aromatic heterocycles. The van der Waals surface area contributed by atoms with Crippen LogP contribution in [0.15, 0.2) is 0 Å². The number of imide groups is 1. The lowest BCUT2D eigenvalue weighted by Gasteiger charge is -2.14. The highest BCUT2D eigenvalue weighted by Crippen LogP contribution is 2.22. The molecule has 0 saturated carbocycles. The second-order valence-corrected chi connectivity index (χ2v) is 7.72. The molecule has 0 radical (unpaired) electrons. The molecule has 0 bridgehead atoms. The van der Waals surface area contributed by atoms with Crippen molar-refractivity contribution in [3.05, 3.63) is 0 Å². The minimum Gasteiger partial charge on any atom is -0.368 e. The van der Waals surface area contributed by atoms with Crippen molar-refractivity contribution in [1.82, 2.24) is 5.32 Å². The Bertz CT molecular complexity index is 384. The summed E-state index contributed by atoms with van der Waals surface area (Å²) < 4.78 is 5.43. The van der Waals surface area contributed by atoms with Crippen molar-refractivity contribution < 1.29 is 14.3 Å². The summed E-state index contributed by atoms with van der Waals surface area (Å²) >= 11 is 0. The van der Waals surface area contributed by atoms with Gasteiger partial charge in [0.05, 0.1) is 5.92 Å². The number of carbonyl (C=O) groups is 2. The highest BCUT2D eigenvalue weighted by atomic mass is 16.5. The molecule has 1 heterocycles. The van der Waals surface area contributed by atoms with Crippen LogP contribution < -0.4 is 5.32 Å². The van der Waals surface area contributed by atoms with E-state index < -0.39 is 6.10 Å². The van der Waals surface area contributed by atoms with Crippen LogP contribution in [-0.2, 0) is 14.3 Å². The number of amides is 2. The summed E-state index contributed by atoms with van der Waals surface area (Å²) in [7, 11) is 0. The van der Waals surface area contributed by atoms with Crippen LogP contribution in [0.2, 0.25) is 0 Å². The zero-order valence-corrected chi connectivity index (χ0v) is 17.2. The summed E-state index contributed by atoms with van der Waals surface area (Å²) in [6, 6.07) is 0. The maximum absolute atomic E-state index is 11.8. The first kappa shape index (κ1) is 23.1. The normalized spacial score (nSPS) is 19.9. The number of carbonyl (C=O) groups excluding carboxylic acids is 2. The van der Waals surface area contributed by atoms with Gasteiger partial charge in [-0.25, -0.2) is 0 Å². The van der Waals surface area contributed by atoms with E-state index in [-0.39, 0.29) is 17.7 Å². The smallest absolute Gasteiger partial charge is 0.256 e. The Balaban J connectivity index is 1.90. The lowest BCUT2D eigenvalue weighted by molar-refractivity contribution is -0.130. The molecule has 1 saturated heterocycles. The van der Waals surface area contributed by atoms with Gasteiger partial charge in [0.2, 0.25) is 5.91 Å². The molecule has 2 amide bonds. The average Bonchev–Trinajstić information content (AvgIpc) is 2.89. The van der Waals surface area contributed by atoms with Crippen molar-refractivity contribution in [3.63, 3.8) is 0 Å². The first-order chi connectivity index (χ1) is 12.7. The minimum absolute atomic E-state index is 0.150. The molecule has 1 rings (SSSR count). The van der Waals surface area contributed by atoms with Crippen LogP contribution in [0.1, 0.15) is 110 Å². The quantitative estimate of drug-likeness (QED) is 0.271. The van der Waals surface area contributed by atoms with Gasteiger partial charge in [-0.1, -0.05) is 96.8 Å². The summed E-state index contributed by atoms with van der Waals surface area (Å²) in [6.45, 7) is 4.60. The van der Waals surface area contributed by atoms with Crippen LogP contribution in [0.25, 0.3) is 0 Å². The van der Waals surface area contributed by atoms with Gasteiger partial charge in [0.1, 0.15) is 6.10 Å². The van der Waals surface area contributed by atoms with E-state index in [9.17, 15) is 9.59 Å². The third-order valence-corrected chi connectivity index (χ3v) is 5.42. The standard InChI is InChI=1S/C22H41NO3/c1-3-5-6-7-8-9-10-11-12-13-14-15-16-17-18-19-20(26-4-2)22(25)23-21(19)24/h19-20H,3-18H2,1-2H3,(H,23,24,25). The average molecular weight is 368 g/mol. The molecule has 2 atom stereocenters. The van der Waals surface area contributed by atoms with Crippen LogP contribution in [0.4, 0.5) is 0 Å². The van der Waals surface area contributed by atoms with Gasteiger partial charge in [-0.2, -0.15) is 0 Å².